The summed E-state index contributed by atoms with van der Waals surface area (Å²) in [5.41, 5.74) is 12.4. The predicted molar refractivity (Wildman–Crippen MR) is 158 cm³/mol. The molecule has 5 rings (SSSR count). The van der Waals surface area contributed by atoms with Gasteiger partial charge in [0.2, 0.25) is 5.91 Å². The first kappa shape index (κ1) is 30.2. The Morgan fingerprint density at radius 1 is 1.09 bits per heavy atom. The van der Waals surface area contributed by atoms with Gasteiger partial charge in [0.1, 0.15) is 36.0 Å². The van der Waals surface area contributed by atoms with Gasteiger partial charge in [-0.3, -0.25) is 23.9 Å². The smallest absolute Gasteiger partial charge is 0.330 e. The summed E-state index contributed by atoms with van der Waals surface area (Å²) >= 11 is 0. The minimum absolute atomic E-state index is 0.00385. The van der Waals surface area contributed by atoms with Crippen LogP contribution in [0.1, 0.15) is 61.4 Å². The lowest BCUT2D eigenvalue weighted by molar-refractivity contribution is -0.153. The maximum Gasteiger partial charge on any atom is 0.330 e. The fourth-order valence-electron chi connectivity index (χ4n) is 5.53. The molecule has 0 bridgehead atoms. The van der Waals surface area contributed by atoms with E-state index >= 15 is 0 Å². The number of carbonyl (C=O) groups excluding carboxylic acids is 2. The Kier molecular flexibility index (Phi) is 9.39. The molecule has 43 heavy (non-hydrogen) atoms. The molecule has 2 aromatic carbocycles. The number of fused-ring (bicyclic) bond motifs is 2. The van der Waals surface area contributed by atoms with E-state index in [9.17, 15) is 19.2 Å². The number of unbranched alkanes of at least 4 members (excludes halogenated alkanes) is 1. The second kappa shape index (κ2) is 13.4. The highest BCUT2D eigenvalue weighted by Crippen LogP contribution is 2.44. The number of aryl methyl sites for hydroxylation is 1. The van der Waals surface area contributed by atoms with Crippen LogP contribution in [-0.4, -0.2) is 52.8 Å². The largest absolute Gasteiger partial charge is 0.458 e. The number of aromatic nitrogens is 2. The molecule has 2 aliphatic rings. The fourth-order valence-corrected chi connectivity index (χ4v) is 5.53. The summed E-state index contributed by atoms with van der Waals surface area (Å²) in [6, 6.07) is 13.9. The third kappa shape index (κ3) is 6.56. The summed E-state index contributed by atoms with van der Waals surface area (Å²) in [6.45, 7) is 2.30. The van der Waals surface area contributed by atoms with Crippen molar-refractivity contribution in [1.82, 2.24) is 14.9 Å². The van der Waals surface area contributed by atoms with Crippen molar-refractivity contribution in [3.05, 3.63) is 92.3 Å². The van der Waals surface area contributed by atoms with E-state index in [0.717, 1.165) is 17.5 Å². The van der Waals surface area contributed by atoms with Crippen molar-refractivity contribution in [2.75, 3.05) is 13.1 Å². The van der Waals surface area contributed by atoms with Gasteiger partial charge < -0.3 is 31.0 Å². The lowest BCUT2D eigenvalue weighted by Crippen LogP contribution is -2.43. The molecule has 12 nitrogen and oxygen atoms in total. The van der Waals surface area contributed by atoms with Crippen molar-refractivity contribution < 1.29 is 23.8 Å². The molecule has 228 valence electrons. The molecule has 1 saturated heterocycles. The number of rotatable bonds is 11. The van der Waals surface area contributed by atoms with Crippen LogP contribution >= 0.6 is 0 Å². The van der Waals surface area contributed by atoms with E-state index in [1.807, 2.05) is 48.5 Å². The third-order valence-electron chi connectivity index (χ3n) is 7.87. The van der Waals surface area contributed by atoms with Crippen molar-refractivity contribution in [3.8, 4) is 11.5 Å². The van der Waals surface area contributed by atoms with Crippen molar-refractivity contribution in [2.45, 2.75) is 69.4 Å². The Morgan fingerprint density at radius 2 is 1.77 bits per heavy atom. The second-order valence-electron chi connectivity index (χ2n) is 10.8. The SMILES string of the molecule is CCc1cn([C@@H]2CC(OC(=O)[C@@H](N)CCCCN)[C@H](CNC(=O)C3c4ccccc4Oc4ccccc43)O2)c(=O)[nH]c1=O. The predicted octanol–water partition coefficient (Wildman–Crippen LogP) is 1.81. The molecule has 1 fully saturated rings. The average Bonchev–Trinajstić information content (AvgIpc) is 3.40. The van der Waals surface area contributed by atoms with Crippen molar-refractivity contribution >= 4 is 11.9 Å². The number of amides is 1. The van der Waals surface area contributed by atoms with Gasteiger partial charge in [-0.15, -0.1) is 0 Å². The van der Waals surface area contributed by atoms with E-state index in [2.05, 4.69) is 10.3 Å². The van der Waals surface area contributed by atoms with Crippen LogP contribution < -0.4 is 32.8 Å². The maximum absolute atomic E-state index is 13.7. The van der Waals surface area contributed by atoms with Gasteiger partial charge in [0.15, 0.2) is 0 Å². The van der Waals surface area contributed by atoms with Gasteiger partial charge in [0.25, 0.3) is 5.56 Å². The highest BCUT2D eigenvalue weighted by Gasteiger charge is 2.41. The molecule has 12 heteroatoms. The molecule has 1 aromatic heterocycles. The zero-order valence-electron chi connectivity index (χ0n) is 24.0. The normalized spacial score (nSPS) is 20.0. The number of nitrogens with zero attached hydrogens (tertiary/aromatic N) is 1. The van der Waals surface area contributed by atoms with Crippen molar-refractivity contribution in [1.29, 1.82) is 0 Å². The summed E-state index contributed by atoms with van der Waals surface area (Å²) in [7, 11) is 0. The Balaban J connectivity index is 1.36. The van der Waals surface area contributed by atoms with E-state index < -0.39 is 47.6 Å². The first-order chi connectivity index (χ1) is 20.8. The number of nitrogens with one attached hydrogen (secondary N) is 2. The Morgan fingerprint density at radius 3 is 2.42 bits per heavy atom. The van der Waals surface area contributed by atoms with Crippen LogP contribution in [0.3, 0.4) is 0 Å². The Hall–Kier alpha value is -4.26. The Labute approximate surface area is 248 Å². The number of carbonyl (C=O) groups is 2. The molecule has 0 spiro atoms. The first-order valence-corrected chi connectivity index (χ1v) is 14.6. The summed E-state index contributed by atoms with van der Waals surface area (Å²) < 4.78 is 19.3. The molecular formula is C31H37N5O7. The van der Waals surface area contributed by atoms with E-state index in [0.29, 0.717) is 42.9 Å². The van der Waals surface area contributed by atoms with E-state index in [-0.39, 0.29) is 18.9 Å². The van der Waals surface area contributed by atoms with Crippen molar-refractivity contribution in [2.24, 2.45) is 11.5 Å². The number of ether oxygens (including phenoxy) is 3. The number of nitrogens with two attached hydrogens (primary N) is 2. The molecule has 1 unspecified atom stereocenters. The number of benzene rings is 2. The fraction of sp³-hybridized carbons (Fsp3) is 0.419. The maximum atomic E-state index is 13.7. The lowest BCUT2D eigenvalue weighted by Gasteiger charge is -2.28. The molecule has 0 saturated carbocycles. The molecule has 4 atom stereocenters. The van der Waals surface area contributed by atoms with Gasteiger partial charge in [-0.05, 0) is 37.9 Å². The second-order valence-corrected chi connectivity index (χ2v) is 10.8. The van der Waals surface area contributed by atoms with Crippen LogP contribution in [0.15, 0.2) is 64.3 Å². The monoisotopic (exact) mass is 591 g/mol. The topological polar surface area (TPSA) is 181 Å². The zero-order valence-corrected chi connectivity index (χ0v) is 24.0. The highest BCUT2D eigenvalue weighted by molar-refractivity contribution is 5.89. The minimum Gasteiger partial charge on any atom is -0.458 e. The van der Waals surface area contributed by atoms with Gasteiger partial charge in [-0.25, -0.2) is 4.79 Å². The van der Waals surface area contributed by atoms with Crippen LogP contribution in [0.4, 0.5) is 0 Å². The summed E-state index contributed by atoms with van der Waals surface area (Å²) in [4.78, 5) is 53.8. The molecule has 3 heterocycles. The van der Waals surface area contributed by atoms with Gasteiger partial charge >= 0.3 is 11.7 Å². The third-order valence-corrected chi connectivity index (χ3v) is 7.87. The molecule has 0 radical (unpaired) electrons. The Bertz CT molecular complexity index is 1540. The van der Waals surface area contributed by atoms with E-state index in [1.54, 1.807) is 6.92 Å². The number of aromatic amines is 1. The average molecular weight is 592 g/mol. The quantitative estimate of drug-likeness (QED) is 0.191. The van der Waals surface area contributed by atoms with Crippen LogP contribution in [0.5, 0.6) is 11.5 Å². The highest BCUT2D eigenvalue weighted by atomic mass is 16.6. The molecule has 1 amide bonds. The molecular weight excluding hydrogens is 554 g/mol. The van der Waals surface area contributed by atoms with Crippen LogP contribution in [0.25, 0.3) is 0 Å². The van der Waals surface area contributed by atoms with Gasteiger partial charge in [-0.1, -0.05) is 49.7 Å². The van der Waals surface area contributed by atoms with Gasteiger partial charge in [0.05, 0.1) is 5.92 Å². The van der Waals surface area contributed by atoms with Crippen LogP contribution in [0, 0.1) is 0 Å². The molecule has 6 N–H and O–H groups in total. The summed E-state index contributed by atoms with van der Waals surface area (Å²) in [6.07, 6.45) is 1.38. The van der Waals surface area contributed by atoms with Gasteiger partial charge in [-0.2, -0.15) is 0 Å². The number of hydrogen-bond donors (Lipinski definition) is 4. The first-order valence-electron chi connectivity index (χ1n) is 14.6. The van der Waals surface area contributed by atoms with Crippen LogP contribution in [-0.2, 0) is 25.5 Å². The van der Waals surface area contributed by atoms with Crippen LogP contribution in [0.2, 0.25) is 0 Å². The number of H-pyrrole nitrogens is 1. The zero-order chi connectivity index (χ0) is 30.5. The summed E-state index contributed by atoms with van der Waals surface area (Å²) in [5, 5.41) is 2.97. The minimum atomic E-state index is -0.849. The molecule has 0 aliphatic carbocycles. The van der Waals surface area contributed by atoms with E-state index in [4.69, 9.17) is 25.7 Å². The van der Waals surface area contributed by atoms with Gasteiger partial charge in [0, 0.05) is 35.9 Å². The van der Waals surface area contributed by atoms with Crippen molar-refractivity contribution in [3.63, 3.8) is 0 Å². The number of esters is 1. The number of hydrogen-bond acceptors (Lipinski definition) is 9. The van der Waals surface area contributed by atoms with E-state index in [1.165, 1.54) is 10.8 Å². The summed E-state index contributed by atoms with van der Waals surface area (Å²) in [5.74, 6) is -0.327. The number of para-hydroxylation sites is 2. The molecule has 2 aliphatic heterocycles. The molecule has 3 aromatic rings. The standard InChI is InChI=1S/C31H37N5O7/c1-2-18-17-36(31(40)35-28(18)37)26-15-24(43-30(39)21(33)11-7-8-14-32)25(42-26)16-34-29(38)27-19-9-3-5-12-22(19)41-23-13-6-4-10-20(23)27/h3-6,9-10,12-13,17,21,24-27H,2,7-8,11,14-16,32-33H2,1H3,(H,34,38)(H,35,37,40)/t21-,24?,25-,26-/m0/s1. The lowest BCUT2D eigenvalue weighted by atomic mass is 9.87.